The largest absolute Gasteiger partial charge is 0.480 e. The number of carboxylic acids is 1. The molecule has 1 atom stereocenters. The van der Waals surface area contributed by atoms with Crippen LogP contribution in [0.1, 0.15) is 30.9 Å². The number of nitrogens with one attached hydrogen (secondary N) is 2. The minimum Gasteiger partial charge on any atom is -0.480 e. The van der Waals surface area contributed by atoms with Gasteiger partial charge in [0.25, 0.3) is 0 Å². The first kappa shape index (κ1) is 23.3. The Morgan fingerprint density at radius 2 is 1.88 bits per heavy atom. The van der Waals surface area contributed by atoms with Gasteiger partial charge < -0.3 is 10.4 Å². The molecule has 0 saturated heterocycles. The molecule has 0 saturated carbocycles. The van der Waals surface area contributed by atoms with Crippen LogP contribution < -0.4 is 15.8 Å². The highest BCUT2D eigenvalue weighted by molar-refractivity contribution is 7.89. The third-order valence-electron chi connectivity index (χ3n) is 3.63. The fourth-order valence-electron chi connectivity index (χ4n) is 2.13. The molecule has 0 fully saturated rings. The summed E-state index contributed by atoms with van der Waals surface area (Å²) < 4.78 is 23.0. The number of primary sulfonamides is 1. The number of nitrogens with two attached hydrogens (primary N) is 1. The van der Waals surface area contributed by atoms with Gasteiger partial charge in [0, 0.05) is 5.69 Å². The quantitative estimate of drug-likeness (QED) is 0.522. The molecule has 0 aliphatic rings. The van der Waals surface area contributed by atoms with Crippen LogP contribution in [0.15, 0.2) is 17.0 Å². The Labute approximate surface area is 153 Å². The summed E-state index contributed by atoms with van der Waals surface area (Å²) in [5.41, 5.74) is 1.70. The van der Waals surface area contributed by atoms with Gasteiger partial charge in [-0.1, -0.05) is 13.3 Å². The van der Waals surface area contributed by atoms with Crippen LogP contribution in [0.25, 0.3) is 0 Å². The summed E-state index contributed by atoms with van der Waals surface area (Å²) in [6.07, 6.45) is 1.07. The number of anilines is 1. The van der Waals surface area contributed by atoms with Crippen molar-refractivity contribution in [1.82, 2.24) is 5.32 Å². The first-order chi connectivity index (χ1) is 11.1. The fraction of sp³-hybridized carbons (Fsp3) is 0.467. The lowest BCUT2D eigenvalue weighted by atomic mass is 10.1. The fourth-order valence-corrected chi connectivity index (χ4v) is 2.76. The molecule has 10 heteroatoms. The average Bonchev–Trinajstić information content (AvgIpc) is 2.46. The third kappa shape index (κ3) is 6.99. The summed E-state index contributed by atoms with van der Waals surface area (Å²) >= 11 is 0. The predicted molar refractivity (Wildman–Crippen MR) is 97.5 cm³/mol. The van der Waals surface area contributed by atoms with Gasteiger partial charge in [-0.05, 0) is 43.5 Å². The maximum Gasteiger partial charge on any atom is 0.320 e. The molecule has 1 unspecified atom stereocenters. The zero-order valence-electron chi connectivity index (χ0n) is 14.3. The highest BCUT2D eigenvalue weighted by Crippen LogP contribution is 2.23. The number of halogens is 1. The Morgan fingerprint density at radius 3 is 2.36 bits per heavy atom. The van der Waals surface area contributed by atoms with E-state index in [2.05, 4.69) is 10.6 Å². The number of hydrogen-bond acceptors (Lipinski definition) is 5. The summed E-state index contributed by atoms with van der Waals surface area (Å²) in [6, 6.07) is 1.91. The van der Waals surface area contributed by atoms with Gasteiger partial charge in [0.2, 0.25) is 15.9 Å². The van der Waals surface area contributed by atoms with Gasteiger partial charge in [-0.25, -0.2) is 13.6 Å². The highest BCUT2D eigenvalue weighted by Gasteiger charge is 2.18. The lowest BCUT2D eigenvalue weighted by Gasteiger charge is -2.15. The lowest BCUT2D eigenvalue weighted by molar-refractivity contribution is -0.139. The number of aryl methyl sites for hydroxylation is 1. The Kier molecular flexibility index (Phi) is 9.06. The predicted octanol–water partition coefficient (Wildman–Crippen LogP) is 1.15. The van der Waals surface area contributed by atoms with Gasteiger partial charge >= 0.3 is 5.97 Å². The summed E-state index contributed by atoms with van der Waals surface area (Å²) in [4.78, 5) is 23.0. The molecule has 0 heterocycles. The van der Waals surface area contributed by atoms with E-state index in [1.54, 1.807) is 13.8 Å². The van der Waals surface area contributed by atoms with Crippen LogP contribution in [-0.4, -0.2) is 38.0 Å². The van der Waals surface area contributed by atoms with Crippen LogP contribution in [-0.2, 0) is 19.6 Å². The topological polar surface area (TPSA) is 139 Å². The van der Waals surface area contributed by atoms with E-state index in [0.29, 0.717) is 29.7 Å². The van der Waals surface area contributed by atoms with E-state index in [-0.39, 0.29) is 23.8 Å². The van der Waals surface area contributed by atoms with Crippen molar-refractivity contribution in [3.05, 3.63) is 23.3 Å². The Morgan fingerprint density at radius 1 is 1.28 bits per heavy atom. The van der Waals surface area contributed by atoms with E-state index in [9.17, 15) is 18.0 Å². The van der Waals surface area contributed by atoms with Crippen LogP contribution in [0.2, 0.25) is 0 Å². The van der Waals surface area contributed by atoms with Crippen molar-refractivity contribution in [2.75, 3.05) is 11.9 Å². The Hall–Kier alpha value is -1.68. The minimum atomic E-state index is -3.89. The maximum absolute atomic E-state index is 12.0. The molecular formula is C15H24ClN3O5S. The van der Waals surface area contributed by atoms with E-state index in [4.69, 9.17) is 10.2 Å². The molecule has 0 aliphatic heterocycles. The van der Waals surface area contributed by atoms with Crippen molar-refractivity contribution >= 4 is 40.0 Å². The summed E-state index contributed by atoms with van der Waals surface area (Å²) in [5.74, 6) is -1.49. The SMILES string of the molecule is CCCC(NCC(=O)Nc1cc(S(N)(=O)=O)cc(C)c1C)C(=O)O.Cl. The number of rotatable bonds is 8. The first-order valence-corrected chi connectivity index (χ1v) is 9.01. The maximum atomic E-state index is 12.0. The van der Waals surface area contributed by atoms with Crippen molar-refractivity contribution in [3.63, 3.8) is 0 Å². The normalized spacial score (nSPS) is 12.2. The zero-order chi connectivity index (χ0) is 18.5. The van der Waals surface area contributed by atoms with Crippen LogP contribution in [0, 0.1) is 13.8 Å². The molecule has 0 radical (unpaired) electrons. The second kappa shape index (κ2) is 9.71. The molecule has 0 aromatic heterocycles. The molecule has 1 rings (SSSR count). The molecule has 1 amide bonds. The molecular weight excluding hydrogens is 370 g/mol. The standard InChI is InChI=1S/C15H23N3O5S.ClH/c1-4-5-12(15(20)21)17-8-14(19)18-13-7-11(24(16,22)23)6-9(2)10(13)3;/h6-7,12,17H,4-5,8H2,1-3H3,(H,18,19)(H,20,21)(H2,16,22,23);1H. The van der Waals surface area contributed by atoms with Crippen molar-refractivity contribution < 1.29 is 23.1 Å². The molecule has 5 N–H and O–H groups in total. The van der Waals surface area contributed by atoms with Gasteiger partial charge in [-0.2, -0.15) is 0 Å². The van der Waals surface area contributed by atoms with Gasteiger partial charge in [-0.15, -0.1) is 12.4 Å². The molecule has 0 aliphatic carbocycles. The van der Waals surface area contributed by atoms with Crippen LogP contribution in [0.3, 0.4) is 0 Å². The van der Waals surface area contributed by atoms with E-state index in [1.807, 2.05) is 6.92 Å². The summed E-state index contributed by atoms with van der Waals surface area (Å²) in [6.45, 7) is 5.10. The summed E-state index contributed by atoms with van der Waals surface area (Å²) in [7, 11) is -3.89. The number of carbonyl (C=O) groups is 2. The Balaban J connectivity index is 0.00000576. The zero-order valence-corrected chi connectivity index (χ0v) is 16.0. The molecule has 142 valence electrons. The number of carbonyl (C=O) groups excluding carboxylic acids is 1. The van der Waals surface area contributed by atoms with Gasteiger partial charge in [-0.3, -0.25) is 14.9 Å². The number of carboxylic acid groups (broad SMARTS) is 1. The van der Waals surface area contributed by atoms with Crippen molar-refractivity contribution in [1.29, 1.82) is 0 Å². The molecule has 1 aromatic carbocycles. The molecule has 0 spiro atoms. The van der Waals surface area contributed by atoms with Crippen molar-refractivity contribution in [2.24, 2.45) is 5.14 Å². The molecule has 25 heavy (non-hydrogen) atoms. The monoisotopic (exact) mass is 393 g/mol. The number of sulfonamides is 1. The molecule has 1 aromatic rings. The third-order valence-corrected chi connectivity index (χ3v) is 4.52. The van der Waals surface area contributed by atoms with Crippen LogP contribution in [0.4, 0.5) is 5.69 Å². The summed E-state index contributed by atoms with van der Waals surface area (Å²) in [5, 5.41) is 19.4. The average molecular weight is 394 g/mol. The first-order valence-electron chi connectivity index (χ1n) is 7.46. The molecule has 0 bridgehead atoms. The van der Waals surface area contributed by atoms with Crippen LogP contribution >= 0.6 is 12.4 Å². The highest BCUT2D eigenvalue weighted by atomic mass is 35.5. The van der Waals surface area contributed by atoms with Crippen LogP contribution in [0.5, 0.6) is 0 Å². The van der Waals surface area contributed by atoms with E-state index >= 15 is 0 Å². The lowest BCUT2D eigenvalue weighted by Crippen LogP contribution is -2.41. The second-order valence-corrected chi connectivity index (χ2v) is 7.13. The number of aliphatic carboxylic acids is 1. The van der Waals surface area contributed by atoms with E-state index < -0.39 is 27.9 Å². The van der Waals surface area contributed by atoms with Gasteiger partial charge in [0.1, 0.15) is 6.04 Å². The van der Waals surface area contributed by atoms with Gasteiger partial charge in [0.15, 0.2) is 0 Å². The minimum absolute atomic E-state index is 0. The smallest absolute Gasteiger partial charge is 0.320 e. The van der Waals surface area contributed by atoms with Crippen molar-refractivity contribution in [2.45, 2.75) is 44.6 Å². The van der Waals surface area contributed by atoms with E-state index in [0.717, 1.165) is 0 Å². The number of amides is 1. The van der Waals surface area contributed by atoms with E-state index in [1.165, 1.54) is 12.1 Å². The van der Waals surface area contributed by atoms with Gasteiger partial charge in [0.05, 0.1) is 11.4 Å². The number of benzene rings is 1. The second-order valence-electron chi connectivity index (χ2n) is 5.57. The number of hydrogen-bond donors (Lipinski definition) is 4. The Bertz CT molecular complexity index is 737. The van der Waals surface area contributed by atoms with Crippen molar-refractivity contribution in [3.8, 4) is 0 Å². The molecule has 8 nitrogen and oxygen atoms in total.